The van der Waals surface area contributed by atoms with Crippen LogP contribution >= 0.6 is 0 Å². The van der Waals surface area contributed by atoms with Gasteiger partial charge < -0.3 is 4.74 Å². The molecule has 0 aromatic heterocycles. The summed E-state index contributed by atoms with van der Waals surface area (Å²) < 4.78 is 45.7. The number of nitrogens with one attached hydrogen (secondary N) is 1. The van der Waals surface area contributed by atoms with Gasteiger partial charge in [-0.05, 0) is 49.7 Å². The van der Waals surface area contributed by atoms with Crippen LogP contribution < -0.4 is 9.62 Å². The molecular formula is C18H19FN2O4S. The largest absolute Gasteiger partial charge is 0.443 e. The third-order valence-corrected chi connectivity index (χ3v) is 5.72. The highest BCUT2D eigenvalue weighted by molar-refractivity contribution is 7.89. The van der Waals surface area contributed by atoms with E-state index in [1.807, 2.05) is 6.92 Å². The van der Waals surface area contributed by atoms with Crippen LogP contribution in [-0.4, -0.2) is 33.7 Å². The number of amides is 1. The summed E-state index contributed by atoms with van der Waals surface area (Å²) in [5.74, 6) is -0.404. The standard InChI is InChI=1S/C18H19FN2O4S/c1-12-3-8-17(13(2)9-12)26(23,24)20-10-16-11-21(18(22)25-16)15-6-4-14(19)5-7-15/h3-9,16,20H,10-11H2,1-2H3. The first-order valence-electron chi connectivity index (χ1n) is 8.07. The highest BCUT2D eigenvalue weighted by Crippen LogP contribution is 2.22. The fourth-order valence-electron chi connectivity index (χ4n) is 2.84. The van der Waals surface area contributed by atoms with Crippen LogP contribution in [0.4, 0.5) is 14.9 Å². The van der Waals surface area contributed by atoms with E-state index in [9.17, 15) is 17.6 Å². The molecule has 8 heteroatoms. The van der Waals surface area contributed by atoms with Gasteiger partial charge in [0.2, 0.25) is 10.0 Å². The molecule has 0 spiro atoms. The van der Waals surface area contributed by atoms with Crippen molar-refractivity contribution in [2.45, 2.75) is 24.8 Å². The van der Waals surface area contributed by atoms with Crippen LogP contribution in [0.2, 0.25) is 0 Å². The minimum atomic E-state index is -3.71. The molecule has 0 bridgehead atoms. The highest BCUT2D eigenvalue weighted by Gasteiger charge is 2.33. The van der Waals surface area contributed by atoms with Gasteiger partial charge in [0.15, 0.2) is 0 Å². The van der Waals surface area contributed by atoms with Crippen molar-refractivity contribution in [2.75, 3.05) is 18.0 Å². The molecule has 0 aliphatic carbocycles. The number of ether oxygens (including phenoxy) is 1. The number of sulfonamides is 1. The predicted molar refractivity (Wildman–Crippen MR) is 95.1 cm³/mol. The van der Waals surface area contributed by atoms with E-state index in [1.165, 1.54) is 29.2 Å². The summed E-state index contributed by atoms with van der Waals surface area (Å²) in [6.07, 6.45) is -1.22. The molecule has 0 saturated carbocycles. The molecule has 0 radical (unpaired) electrons. The lowest BCUT2D eigenvalue weighted by molar-refractivity contribution is 0.143. The number of hydrogen-bond acceptors (Lipinski definition) is 4. The first-order chi connectivity index (χ1) is 12.3. The minimum absolute atomic E-state index is 0.0426. The molecule has 1 heterocycles. The van der Waals surface area contributed by atoms with Crippen molar-refractivity contribution in [3.8, 4) is 0 Å². The van der Waals surface area contributed by atoms with Crippen molar-refractivity contribution in [3.63, 3.8) is 0 Å². The number of carbonyl (C=O) groups excluding carboxylic acids is 1. The Labute approximate surface area is 151 Å². The molecule has 6 nitrogen and oxygen atoms in total. The van der Waals surface area contributed by atoms with Crippen LogP contribution in [0.5, 0.6) is 0 Å². The Balaban J connectivity index is 1.66. The van der Waals surface area contributed by atoms with Crippen LogP contribution in [-0.2, 0) is 14.8 Å². The lowest BCUT2D eigenvalue weighted by Crippen LogP contribution is -2.35. The topological polar surface area (TPSA) is 75.7 Å². The molecule has 1 aliphatic heterocycles. The van der Waals surface area contributed by atoms with Gasteiger partial charge in [-0.3, -0.25) is 4.90 Å². The first-order valence-corrected chi connectivity index (χ1v) is 9.55. The molecule has 1 fully saturated rings. The van der Waals surface area contributed by atoms with Crippen LogP contribution in [0, 0.1) is 19.7 Å². The van der Waals surface area contributed by atoms with Crippen molar-refractivity contribution in [1.82, 2.24) is 4.72 Å². The fraction of sp³-hybridized carbons (Fsp3) is 0.278. The lowest BCUT2D eigenvalue weighted by atomic mass is 10.2. The Morgan fingerprint density at radius 3 is 2.54 bits per heavy atom. The zero-order chi connectivity index (χ0) is 18.9. The van der Waals surface area contributed by atoms with E-state index < -0.39 is 28.0 Å². The van der Waals surface area contributed by atoms with Crippen molar-refractivity contribution < 1.29 is 22.3 Å². The van der Waals surface area contributed by atoms with E-state index in [2.05, 4.69) is 4.72 Å². The number of halogens is 1. The van der Waals surface area contributed by atoms with E-state index in [4.69, 9.17) is 4.74 Å². The second-order valence-corrected chi connectivity index (χ2v) is 7.95. The maximum Gasteiger partial charge on any atom is 0.414 e. The summed E-state index contributed by atoms with van der Waals surface area (Å²) in [6.45, 7) is 3.76. The Morgan fingerprint density at radius 2 is 1.88 bits per heavy atom. The molecule has 138 valence electrons. The maximum absolute atomic E-state index is 13.0. The van der Waals surface area contributed by atoms with Crippen LogP contribution in [0.3, 0.4) is 0 Å². The highest BCUT2D eigenvalue weighted by atomic mass is 32.2. The number of hydrogen-bond donors (Lipinski definition) is 1. The summed E-state index contributed by atoms with van der Waals surface area (Å²) in [5.41, 5.74) is 2.12. The SMILES string of the molecule is Cc1ccc(S(=O)(=O)NCC2CN(c3ccc(F)cc3)C(=O)O2)c(C)c1. The number of benzene rings is 2. The predicted octanol–water partition coefficient (Wildman–Crippen LogP) is 2.75. The molecule has 1 atom stereocenters. The summed E-state index contributed by atoms with van der Waals surface area (Å²) in [7, 11) is -3.71. The lowest BCUT2D eigenvalue weighted by Gasteiger charge is -2.14. The Morgan fingerprint density at radius 1 is 1.19 bits per heavy atom. The second-order valence-electron chi connectivity index (χ2n) is 6.21. The number of carbonyl (C=O) groups is 1. The average Bonchev–Trinajstić information content (AvgIpc) is 2.94. The summed E-state index contributed by atoms with van der Waals surface area (Å²) >= 11 is 0. The van der Waals surface area contributed by atoms with Gasteiger partial charge in [0.25, 0.3) is 0 Å². The van der Waals surface area contributed by atoms with Gasteiger partial charge in [0.1, 0.15) is 11.9 Å². The molecule has 3 rings (SSSR count). The van der Waals surface area contributed by atoms with Crippen LogP contribution in [0.1, 0.15) is 11.1 Å². The third-order valence-electron chi connectivity index (χ3n) is 4.13. The minimum Gasteiger partial charge on any atom is -0.443 e. The first kappa shape index (κ1) is 18.3. The van der Waals surface area contributed by atoms with Crippen molar-refractivity contribution >= 4 is 21.8 Å². The zero-order valence-electron chi connectivity index (χ0n) is 14.4. The number of nitrogens with zero attached hydrogens (tertiary/aromatic N) is 1. The van der Waals surface area contributed by atoms with E-state index in [0.717, 1.165) is 5.56 Å². The van der Waals surface area contributed by atoms with Crippen molar-refractivity contribution in [1.29, 1.82) is 0 Å². The number of anilines is 1. The summed E-state index contributed by atoms with van der Waals surface area (Å²) in [5, 5.41) is 0. The molecule has 1 aliphatic rings. The third kappa shape index (κ3) is 3.86. The van der Waals surface area contributed by atoms with Crippen molar-refractivity contribution in [3.05, 3.63) is 59.4 Å². The van der Waals surface area contributed by atoms with Gasteiger partial charge in [0, 0.05) is 12.2 Å². The van der Waals surface area contributed by atoms with Gasteiger partial charge in [-0.25, -0.2) is 22.3 Å². The monoisotopic (exact) mass is 378 g/mol. The van der Waals surface area contributed by atoms with Gasteiger partial charge in [-0.1, -0.05) is 17.7 Å². The van der Waals surface area contributed by atoms with Crippen molar-refractivity contribution in [2.24, 2.45) is 0 Å². The average molecular weight is 378 g/mol. The van der Waals surface area contributed by atoms with E-state index in [1.54, 1.807) is 25.1 Å². The van der Waals surface area contributed by atoms with Gasteiger partial charge in [0.05, 0.1) is 11.4 Å². The van der Waals surface area contributed by atoms with E-state index in [-0.39, 0.29) is 18.0 Å². The summed E-state index contributed by atoms with van der Waals surface area (Å²) in [6, 6.07) is 10.5. The normalized spacial score (nSPS) is 17.4. The molecule has 1 N–H and O–H groups in total. The second kappa shape index (κ2) is 7.05. The molecule has 26 heavy (non-hydrogen) atoms. The van der Waals surface area contributed by atoms with E-state index >= 15 is 0 Å². The van der Waals surface area contributed by atoms with Crippen LogP contribution in [0.25, 0.3) is 0 Å². The molecule has 2 aromatic rings. The Kier molecular flexibility index (Phi) is 4.97. The number of aryl methyl sites for hydroxylation is 2. The van der Waals surface area contributed by atoms with Gasteiger partial charge >= 0.3 is 6.09 Å². The van der Waals surface area contributed by atoms with Crippen LogP contribution in [0.15, 0.2) is 47.4 Å². The molecule has 2 aromatic carbocycles. The molecule has 1 amide bonds. The molecule has 1 saturated heterocycles. The Hall–Kier alpha value is -2.45. The maximum atomic E-state index is 13.0. The van der Waals surface area contributed by atoms with E-state index in [0.29, 0.717) is 11.3 Å². The molecular weight excluding hydrogens is 359 g/mol. The smallest absolute Gasteiger partial charge is 0.414 e. The quantitative estimate of drug-likeness (QED) is 0.868. The number of cyclic esters (lactones) is 1. The summed E-state index contributed by atoms with van der Waals surface area (Å²) in [4.78, 5) is 13.5. The Bertz CT molecular complexity index is 929. The number of rotatable bonds is 5. The fourth-order valence-corrected chi connectivity index (χ4v) is 4.13. The van der Waals surface area contributed by atoms with Gasteiger partial charge in [-0.2, -0.15) is 0 Å². The zero-order valence-corrected chi connectivity index (χ0v) is 15.2. The van der Waals surface area contributed by atoms with Gasteiger partial charge in [-0.15, -0.1) is 0 Å². The molecule has 1 unspecified atom stereocenters.